The first-order valence-electron chi connectivity index (χ1n) is 8.53. The van der Waals surface area contributed by atoms with Gasteiger partial charge in [-0.25, -0.2) is 0 Å². The van der Waals surface area contributed by atoms with Gasteiger partial charge in [-0.2, -0.15) is 13.2 Å². The van der Waals surface area contributed by atoms with E-state index in [1.807, 2.05) is 4.90 Å². The lowest BCUT2D eigenvalue weighted by molar-refractivity contribution is -0.137. The van der Waals surface area contributed by atoms with Crippen molar-refractivity contribution in [2.24, 2.45) is 5.73 Å². The van der Waals surface area contributed by atoms with Crippen LogP contribution in [0, 0.1) is 0 Å². The number of morpholine rings is 1. The summed E-state index contributed by atoms with van der Waals surface area (Å²) >= 11 is 0. The van der Waals surface area contributed by atoms with Gasteiger partial charge in [-0.3, -0.25) is 14.5 Å². The quantitative estimate of drug-likeness (QED) is 0.623. The van der Waals surface area contributed by atoms with Crippen molar-refractivity contribution in [1.82, 2.24) is 15.5 Å². The summed E-state index contributed by atoms with van der Waals surface area (Å²) in [5.74, 6) is -0.848. The van der Waals surface area contributed by atoms with Crippen LogP contribution in [0.2, 0.25) is 0 Å². The fourth-order valence-corrected chi connectivity index (χ4v) is 2.77. The SMILES string of the molecule is NCC(=O)NCC(=O)NCC(c1ccc(C(F)(F)F)cc1)N1CCOCC1. The fourth-order valence-electron chi connectivity index (χ4n) is 2.77. The van der Waals surface area contributed by atoms with E-state index < -0.39 is 23.6 Å². The number of nitrogens with one attached hydrogen (secondary N) is 2. The van der Waals surface area contributed by atoms with Crippen LogP contribution < -0.4 is 16.4 Å². The molecule has 0 radical (unpaired) electrons. The molecule has 1 fully saturated rings. The lowest BCUT2D eigenvalue weighted by Crippen LogP contribution is -2.46. The number of halogens is 3. The Hall–Kier alpha value is -2.17. The third kappa shape index (κ3) is 6.49. The van der Waals surface area contributed by atoms with Crippen molar-refractivity contribution in [3.05, 3.63) is 35.4 Å². The molecule has 7 nitrogen and oxygen atoms in total. The molecule has 0 saturated carbocycles. The number of rotatable bonds is 7. The average molecular weight is 388 g/mol. The molecule has 1 aliphatic heterocycles. The number of benzene rings is 1. The lowest BCUT2D eigenvalue weighted by Gasteiger charge is -2.35. The second-order valence-corrected chi connectivity index (χ2v) is 6.07. The molecule has 2 rings (SSSR count). The molecule has 0 aliphatic carbocycles. The number of hydrogen-bond donors (Lipinski definition) is 3. The Kier molecular flexibility index (Phi) is 7.57. The summed E-state index contributed by atoms with van der Waals surface area (Å²) in [6.07, 6.45) is -4.40. The van der Waals surface area contributed by atoms with Gasteiger partial charge in [0.05, 0.1) is 37.9 Å². The summed E-state index contributed by atoms with van der Waals surface area (Å²) in [6, 6.07) is 4.61. The number of nitrogens with zero attached hydrogens (tertiary/aromatic N) is 1. The Morgan fingerprint density at radius 2 is 1.74 bits per heavy atom. The van der Waals surface area contributed by atoms with Crippen molar-refractivity contribution in [3.8, 4) is 0 Å². The van der Waals surface area contributed by atoms with Crippen LogP contribution in [0.4, 0.5) is 13.2 Å². The van der Waals surface area contributed by atoms with Gasteiger partial charge in [0.15, 0.2) is 0 Å². The van der Waals surface area contributed by atoms with E-state index in [9.17, 15) is 22.8 Å². The molecular weight excluding hydrogens is 365 g/mol. The zero-order chi connectivity index (χ0) is 19.9. The number of carbonyl (C=O) groups excluding carboxylic acids is 2. The second-order valence-electron chi connectivity index (χ2n) is 6.07. The standard InChI is InChI=1S/C17H23F3N4O3/c18-17(19,20)13-3-1-12(2-4-13)14(24-5-7-27-8-6-24)10-22-16(26)11-23-15(25)9-21/h1-4,14H,5-11,21H2,(H,22,26)(H,23,25). The molecular formula is C17H23F3N4O3. The molecule has 1 unspecified atom stereocenters. The van der Waals surface area contributed by atoms with Gasteiger partial charge in [-0.15, -0.1) is 0 Å². The minimum absolute atomic E-state index is 0.197. The number of ether oxygens (including phenoxy) is 1. The zero-order valence-electron chi connectivity index (χ0n) is 14.7. The maximum Gasteiger partial charge on any atom is 0.416 e. The van der Waals surface area contributed by atoms with Crippen molar-refractivity contribution in [1.29, 1.82) is 0 Å². The predicted octanol–water partition coefficient (Wildman–Crippen LogP) is 0.270. The summed E-state index contributed by atoms with van der Waals surface area (Å²) in [5.41, 5.74) is 5.10. The highest BCUT2D eigenvalue weighted by molar-refractivity contribution is 5.85. The van der Waals surface area contributed by atoms with Gasteiger partial charge in [0.2, 0.25) is 11.8 Å². The maximum atomic E-state index is 12.8. The largest absolute Gasteiger partial charge is 0.416 e. The minimum atomic E-state index is -4.40. The summed E-state index contributed by atoms with van der Waals surface area (Å²) in [6.45, 7) is 2.00. The Balaban J connectivity index is 2.05. The molecule has 0 aromatic heterocycles. The molecule has 1 saturated heterocycles. The van der Waals surface area contributed by atoms with Crippen molar-refractivity contribution < 1.29 is 27.5 Å². The zero-order valence-corrected chi connectivity index (χ0v) is 14.7. The van der Waals surface area contributed by atoms with Gasteiger partial charge in [0.25, 0.3) is 0 Å². The molecule has 2 amide bonds. The summed E-state index contributed by atoms with van der Waals surface area (Å²) < 4.78 is 43.7. The predicted molar refractivity (Wildman–Crippen MR) is 91.7 cm³/mol. The van der Waals surface area contributed by atoms with E-state index in [4.69, 9.17) is 10.5 Å². The normalized spacial score (nSPS) is 16.6. The maximum absolute atomic E-state index is 12.8. The topological polar surface area (TPSA) is 96.7 Å². The summed E-state index contributed by atoms with van der Waals surface area (Å²) in [7, 11) is 0. The number of amides is 2. The lowest BCUT2D eigenvalue weighted by atomic mass is 10.0. The smallest absolute Gasteiger partial charge is 0.379 e. The molecule has 1 aromatic rings. The molecule has 1 heterocycles. The Labute approximate surface area is 155 Å². The van der Waals surface area contributed by atoms with Gasteiger partial charge in [0.1, 0.15) is 0 Å². The number of carbonyl (C=O) groups is 2. The van der Waals surface area contributed by atoms with Crippen molar-refractivity contribution in [2.75, 3.05) is 45.9 Å². The first-order chi connectivity index (χ1) is 12.8. The highest BCUT2D eigenvalue weighted by Crippen LogP contribution is 2.31. The highest BCUT2D eigenvalue weighted by Gasteiger charge is 2.31. The Morgan fingerprint density at radius 3 is 2.30 bits per heavy atom. The van der Waals surface area contributed by atoms with Crippen LogP contribution in [-0.4, -0.2) is 62.7 Å². The fraction of sp³-hybridized carbons (Fsp3) is 0.529. The van der Waals surface area contributed by atoms with Crippen LogP contribution in [0.15, 0.2) is 24.3 Å². The molecule has 0 bridgehead atoms. The third-order valence-corrected chi connectivity index (χ3v) is 4.23. The molecule has 10 heteroatoms. The van der Waals surface area contributed by atoms with Gasteiger partial charge in [0, 0.05) is 19.6 Å². The van der Waals surface area contributed by atoms with Crippen LogP contribution in [0.25, 0.3) is 0 Å². The van der Waals surface area contributed by atoms with Gasteiger partial charge < -0.3 is 21.1 Å². The first-order valence-corrected chi connectivity index (χ1v) is 8.53. The van der Waals surface area contributed by atoms with Gasteiger partial charge in [-0.1, -0.05) is 12.1 Å². The molecule has 27 heavy (non-hydrogen) atoms. The van der Waals surface area contributed by atoms with Crippen molar-refractivity contribution in [3.63, 3.8) is 0 Å². The van der Waals surface area contributed by atoms with Crippen LogP contribution >= 0.6 is 0 Å². The highest BCUT2D eigenvalue weighted by atomic mass is 19.4. The summed E-state index contributed by atoms with van der Waals surface area (Å²) in [5, 5.41) is 5.07. The molecule has 4 N–H and O–H groups in total. The molecule has 1 aliphatic rings. The van der Waals surface area contributed by atoms with E-state index in [1.165, 1.54) is 12.1 Å². The van der Waals surface area contributed by atoms with E-state index in [0.29, 0.717) is 31.9 Å². The number of hydrogen-bond acceptors (Lipinski definition) is 5. The third-order valence-electron chi connectivity index (χ3n) is 4.23. The van der Waals surface area contributed by atoms with E-state index in [0.717, 1.165) is 12.1 Å². The van der Waals surface area contributed by atoms with Crippen LogP contribution in [0.3, 0.4) is 0 Å². The van der Waals surface area contributed by atoms with Crippen molar-refractivity contribution >= 4 is 11.8 Å². The van der Waals surface area contributed by atoms with Gasteiger partial charge >= 0.3 is 6.18 Å². The van der Waals surface area contributed by atoms with E-state index in [-0.39, 0.29) is 25.7 Å². The minimum Gasteiger partial charge on any atom is -0.379 e. The molecule has 150 valence electrons. The molecule has 1 atom stereocenters. The number of nitrogens with two attached hydrogens (primary N) is 1. The summed E-state index contributed by atoms with van der Waals surface area (Å²) in [4.78, 5) is 25.1. The van der Waals surface area contributed by atoms with Gasteiger partial charge in [-0.05, 0) is 17.7 Å². The van der Waals surface area contributed by atoms with Crippen LogP contribution in [-0.2, 0) is 20.5 Å². The molecule has 0 spiro atoms. The monoisotopic (exact) mass is 388 g/mol. The average Bonchev–Trinajstić information content (AvgIpc) is 2.66. The second kappa shape index (κ2) is 9.67. The Morgan fingerprint density at radius 1 is 1.11 bits per heavy atom. The van der Waals surface area contributed by atoms with Crippen LogP contribution in [0.1, 0.15) is 17.2 Å². The van der Waals surface area contributed by atoms with E-state index in [1.54, 1.807) is 0 Å². The Bertz CT molecular complexity index is 631. The van der Waals surface area contributed by atoms with Crippen molar-refractivity contribution in [2.45, 2.75) is 12.2 Å². The number of alkyl halides is 3. The van der Waals surface area contributed by atoms with Crippen LogP contribution in [0.5, 0.6) is 0 Å². The molecule has 1 aromatic carbocycles. The van der Waals surface area contributed by atoms with E-state index >= 15 is 0 Å². The van der Waals surface area contributed by atoms with E-state index in [2.05, 4.69) is 10.6 Å². The first kappa shape index (κ1) is 21.1.